The van der Waals surface area contributed by atoms with E-state index in [1.54, 1.807) is 42.5 Å². The van der Waals surface area contributed by atoms with Gasteiger partial charge in [0, 0.05) is 30.3 Å². The second kappa shape index (κ2) is 9.37. The summed E-state index contributed by atoms with van der Waals surface area (Å²) in [4.78, 5) is 36.3. The zero-order valence-electron chi connectivity index (χ0n) is 15.3. The Kier molecular flexibility index (Phi) is 6.66. The van der Waals surface area contributed by atoms with Crippen LogP contribution in [-0.2, 0) is 4.79 Å². The molecule has 7 heteroatoms. The maximum atomic E-state index is 12.2. The van der Waals surface area contributed by atoms with Gasteiger partial charge in [-0.05, 0) is 49.6 Å². The van der Waals surface area contributed by atoms with Crippen molar-refractivity contribution in [1.82, 2.24) is 10.6 Å². The summed E-state index contributed by atoms with van der Waals surface area (Å²) < 4.78 is 0. The van der Waals surface area contributed by atoms with Gasteiger partial charge in [0.15, 0.2) is 0 Å². The molecule has 28 heavy (non-hydrogen) atoms. The Morgan fingerprint density at radius 3 is 2.46 bits per heavy atom. The Hall–Kier alpha value is -2.86. The summed E-state index contributed by atoms with van der Waals surface area (Å²) in [5, 5.41) is 8.78. The molecular formula is C21H22ClN3O3. The lowest BCUT2D eigenvalue weighted by Gasteiger charge is -2.10. The number of hydrogen-bond donors (Lipinski definition) is 3. The predicted molar refractivity (Wildman–Crippen MR) is 109 cm³/mol. The maximum absolute atomic E-state index is 12.2. The number of benzene rings is 2. The molecule has 0 radical (unpaired) electrons. The number of nitrogens with one attached hydrogen (secondary N) is 3. The minimum atomic E-state index is -0.229. The van der Waals surface area contributed by atoms with E-state index in [1.165, 1.54) is 0 Å². The molecule has 146 valence electrons. The van der Waals surface area contributed by atoms with E-state index in [1.807, 2.05) is 6.07 Å². The number of carbonyl (C=O) groups is 3. The standard InChI is InChI=1S/C21H22ClN3O3/c22-18-11-10-16(13-17(18)21(28)25-15-8-9-15)24-19(26)7-4-12-23-20(27)14-5-2-1-3-6-14/h1-3,5-6,10-11,13,15H,4,7-9,12H2,(H,23,27)(H,24,26)(H,25,28). The Bertz CT molecular complexity index is 866. The van der Waals surface area contributed by atoms with Crippen LogP contribution < -0.4 is 16.0 Å². The fourth-order valence-corrected chi connectivity index (χ4v) is 2.84. The Morgan fingerprint density at radius 1 is 1.00 bits per heavy atom. The molecule has 0 aromatic heterocycles. The zero-order chi connectivity index (χ0) is 19.9. The Balaban J connectivity index is 1.44. The van der Waals surface area contributed by atoms with E-state index in [9.17, 15) is 14.4 Å². The van der Waals surface area contributed by atoms with E-state index in [2.05, 4.69) is 16.0 Å². The van der Waals surface area contributed by atoms with Gasteiger partial charge in [-0.3, -0.25) is 14.4 Å². The van der Waals surface area contributed by atoms with Crippen LogP contribution in [0, 0.1) is 0 Å². The van der Waals surface area contributed by atoms with Crippen LogP contribution in [0.4, 0.5) is 5.69 Å². The third kappa shape index (κ3) is 5.82. The average molecular weight is 400 g/mol. The van der Waals surface area contributed by atoms with Gasteiger partial charge in [-0.2, -0.15) is 0 Å². The minimum absolute atomic E-state index is 0.162. The first-order valence-electron chi connectivity index (χ1n) is 9.26. The molecule has 6 nitrogen and oxygen atoms in total. The number of halogens is 1. The molecule has 3 rings (SSSR count). The van der Waals surface area contributed by atoms with Crippen molar-refractivity contribution in [3.8, 4) is 0 Å². The van der Waals surface area contributed by atoms with Gasteiger partial charge < -0.3 is 16.0 Å². The van der Waals surface area contributed by atoms with Crippen LogP contribution in [0.15, 0.2) is 48.5 Å². The van der Waals surface area contributed by atoms with Crippen LogP contribution in [0.25, 0.3) is 0 Å². The highest BCUT2D eigenvalue weighted by Crippen LogP contribution is 2.24. The fraction of sp³-hybridized carbons (Fsp3) is 0.286. The van der Waals surface area contributed by atoms with Crippen molar-refractivity contribution in [2.75, 3.05) is 11.9 Å². The lowest BCUT2D eigenvalue weighted by Crippen LogP contribution is -2.26. The van der Waals surface area contributed by atoms with Gasteiger partial charge in [0.25, 0.3) is 11.8 Å². The third-order valence-corrected chi connectivity index (χ3v) is 4.64. The highest BCUT2D eigenvalue weighted by Gasteiger charge is 2.24. The summed E-state index contributed by atoms with van der Waals surface area (Å²) in [7, 11) is 0. The van der Waals surface area contributed by atoms with Crippen LogP contribution in [0.1, 0.15) is 46.4 Å². The normalized spacial score (nSPS) is 12.9. The van der Waals surface area contributed by atoms with Crippen LogP contribution in [-0.4, -0.2) is 30.3 Å². The fourth-order valence-electron chi connectivity index (χ4n) is 2.63. The molecule has 3 amide bonds. The minimum Gasteiger partial charge on any atom is -0.352 e. The smallest absolute Gasteiger partial charge is 0.253 e. The first kappa shape index (κ1) is 19.9. The molecule has 0 spiro atoms. The van der Waals surface area contributed by atoms with Gasteiger partial charge in [-0.1, -0.05) is 29.8 Å². The summed E-state index contributed by atoms with van der Waals surface area (Å²) in [6.45, 7) is 0.400. The summed E-state index contributed by atoms with van der Waals surface area (Å²) in [5.74, 6) is -0.581. The van der Waals surface area contributed by atoms with E-state index >= 15 is 0 Å². The molecule has 0 aliphatic heterocycles. The number of carbonyl (C=O) groups excluding carboxylic acids is 3. The molecule has 1 aliphatic carbocycles. The lowest BCUT2D eigenvalue weighted by atomic mass is 10.1. The molecule has 0 unspecified atom stereocenters. The number of amides is 3. The monoisotopic (exact) mass is 399 g/mol. The molecule has 3 N–H and O–H groups in total. The van der Waals surface area contributed by atoms with Crippen molar-refractivity contribution in [3.63, 3.8) is 0 Å². The third-order valence-electron chi connectivity index (χ3n) is 4.31. The van der Waals surface area contributed by atoms with E-state index in [0.29, 0.717) is 34.8 Å². The first-order valence-corrected chi connectivity index (χ1v) is 9.64. The van der Waals surface area contributed by atoms with E-state index in [-0.39, 0.29) is 30.2 Å². The SMILES string of the molecule is O=C(CCCNC(=O)c1ccccc1)Nc1ccc(Cl)c(C(=O)NC2CC2)c1. The van der Waals surface area contributed by atoms with Gasteiger partial charge >= 0.3 is 0 Å². The second-order valence-corrected chi connectivity index (χ2v) is 7.12. The molecule has 0 heterocycles. The van der Waals surface area contributed by atoms with Crippen molar-refractivity contribution < 1.29 is 14.4 Å². The lowest BCUT2D eigenvalue weighted by molar-refractivity contribution is -0.116. The van der Waals surface area contributed by atoms with Crippen molar-refractivity contribution >= 4 is 35.0 Å². The van der Waals surface area contributed by atoms with E-state index in [4.69, 9.17) is 11.6 Å². The van der Waals surface area contributed by atoms with Gasteiger partial charge in [0.2, 0.25) is 5.91 Å². The number of rotatable bonds is 8. The van der Waals surface area contributed by atoms with Crippen LogP contribution >= 0.6 is 11.6 Å². The van der Waals surface area contributed by atoms with Crippen LogP contribution in [0.2, 0.25) is 5.02 Å². The first-order chi connectivity index (χ1) is 13.5. The molecule has 2 aromatic rings. The van der Waals surface area contributed by atoms with Crippen LogP contribution in [0.5, 0.6) is 0 Å². The maximum Gasteiger partial charge on any atom is 0.253 e. The highest BCUT2D eigenvalue weighted by atomic mass is 35.5. The van der Waals surface area contributed by atoms with E-state index in [0.717, 1.165) is 12.8 Å². The zero-order valence-corrected chi connectivity index (χ0v) is 16.1. The molecule has 0 saturated heterocycles. The highest BCUT2D eigenvalue weighted by molar-refractivity contribution is 6.34. The Morgan fingerprint density at radius 2 is 1.75 bits per heavy atom. The van der Waals surface area contributed by atoms with Crippen molar-refractivity contribution in [2.24, 2.45) is 0 Å². The molecule has 0 atom stereocenters. The molecule has 1 aliphatic rings. The summed E-state index contributed by atoms with van der Waals surface area (Å²) in [5.41, 5.74) is 1.45. The van der Waals surface area contributed by atoms with Crippen molar-refractivity contribution in [2.45, 2.75) is 31.7 Å². The molecule has 2 aromatic carbocycles. The van der Waals surface area contributed by atoms with Crippen LogP contribution in [0.3, 0.4) is 0 Å². The summed E-state index contributed by atoms with van der Waals surface area (Å²) >= 11 is 6.10. The Labute approximate surface area is 168 Å². The molecule has 1 fully saturated rings. The molecule has 0 bridgehead atoms. The van der Waals surface area contributed by atoms with Gasteiger partial charge in [0.05, 0.1) is 10.6 Å². The molecular weight excluding hydrogens is 378 g/mol. The quantitative estimate of drug-likeness (QED) is 0.594. The van der Waals surface area contributed by atoms with Gasteiger partial charge in [-0.25, -0.2) is 0 Å². The van der Waals surface area contributed by atoms with Gasteiger partial charge in [0.1, 0.15) is 0 Å². The second-order valence-electron chi connectivity index (χ2n) is 6.72. The number of anilines is 1. The predicted octanol–water partition coefficient (Wildman–Crippen LogP) is 3.38. The van der Waals surface area contributed by atoms with Crippen molar-refractivity contribution in [1.29, 1.82) is 0 Å². The van der Waals surface area contributed by atoms with Gasteiger partial charge in [-0.15, -0.1) is 0 Å². The summed E-state index contributed by atoms with van der Waals surface area (Å²) in [6, 6.07) is 14.0. The summed E-state index contributed by atoms with van der Waals surface area (Å²) in [6.07, 6.45) is 2.73. The van der Waals surface area contributed by atoms with E-state index < -0.39 is 0 Å². The molecule has 1 saturated carbocycles. The average Bonchev–Trinajstić information content (AvgIpc) is 3.51. The van der Waals surface area contributed by atoms with Crippen molar-refractivity contribution in [3.05, 3.63) is 64.7 Å². The largest absolute Gasteiger partial charge is 0.352 e. The number of hydrogen-bond acceptors (Lipinski definition) is 3. The topological polar surface area (TPSA) is 87.3 Å².